The summed E-state index contributed by atoms with van der Waals surface area (Å²) in [5.41, 5.74) is 13.1. The number of thioether (sulfide) groups is 1. The molecule has 0 aliphatic heterocycles. The highest BCUT2D eigenvalue weighted by molar-refractivity contribution is 7.99. The Labute approximate surface area is 406 Å². The molecule has 0 bridgehead atoms. The first kappa shape index (κ1) is 45.2. The van der Waals surface area contributed by atoms with Gasteiger partial charge in [0.2, 0.25) is 0 Å². The Bertz CT molecular complexity index is 3310. The highest BCUT2D eigenvalue weighted by atomic mass is 32.2. The van der Waals surface area contributed by atoms with Crippen molar-refractivity contribution >= 4 is 108 Å². The van der Waals surface area contributed by atoms with E-state index in [1.165, 1.54) is 82.0 Å². The van der Waals surface area contributed by atoms with Gasteiger partial charge in [-0.05, 0) is 140 Å². The zero-order valence-electron chi connectivity index (χ0n) is 41.2. The normalized spacial score (nSPS) is 13.6. The van der Waals surface area contributed by atoms with Gasteiger partial charge in [0.25, 0.3) is 0 Å². The van der Waals surface area contributed by atoms with Crippen molar-refractivity contribution in [1.29, 1.82) is 0 Å². The van der Waals surface area contributed by atoms with Crippen molar-refractivity contribution in [2.24, 2.45) is 0 Å². The summed E-state index contributed by atoms with van der Waals surface area (Å²) in [6.07, 6.45) is 0. The number of nitrogens with zero attached hydrogens (tertiary/aromatic N) is 2. The molecule has 9 aromatic carbocycles. The van der Waals surface area contributed by atoms with Gasteiger partial charge in [-0.3, -0.25) is 0 Å². The topological polar surface area (TPSA) is 6.48 Å². The lowest BCUT2D eigenvalue weighted by Crippen LogP contribution is -2.63. The van der Waals surface area contributed by atoms with Crippen molar-refractivity contribution in [3.05, 3.63) is 193 Å². The molecule has 0 saturated heterocycles. The average Bonchev–Trinajstić information content (AvgIpc) is 3.61. The summed E-state index contributed by atoms with van der Waals surface area (Å²) in [6.45, 7) is 27.8. The minimum atomic E-state index is -2.09. The molecule has 1 aliphatic carbocycles. The molecule has 336 valence electrons. The monoisotopic (exact) mass is 940 g/mol. The summed E-state index contributed by atoms with van der Waals surface area (Å²) in [5, 5.41) is 9.97. The molecule has 0 heterocycles. The number of benzene rings is 9. The quantitative estimate of drug-likeness (QED) is 0.0725. The number of hydrogen-bond donors (Lipinski definition) is 0. The molecule has 2 nitrogen and oxygen atoms in total. The van der Waals surface area contributed by atoms with E-state index in [1.54, 1.807) is 11.1 Å². The lowest BCUT2D eigenvalue weighted by molar-refractivity contribution is 0.965. The van der Waals surface area contributed by atoms with Crippen LogP contribution in [0, 0.1) is 0 Å². The van der Waals surface area contributed by atoms with E-state index >= 15 is 0 Å². The van der Waals surface area contributed by atoms with Crippen LogP contribution in [0.1, 0.15) is 25.0 Å². The summed E-state index contributed by atoms with van der Waals surface area (Å²) in [7, 11) is -5.75. The maximum Gasteiger partial charge on any atom is 0.0776 e. The van der Waals surface area contributed by atoms with Crippen molar-refractivity contribution in [3.63, 3.8) is 0 Å². The minimum Gasteiger partial charge on any atom is -0.310 e. The molecule has 0 amide bonds. The van der Waals surface area contributed by atoms with Crippen LogP contribution >= 0.6 is 11.8 Å². The van der Waals surface area contributed by atoms with Gasteiger partial charge in [-0.2, -0.15) is 0 Å². The summed E-state index contributed by atoms with van der Waals surface area (Å²) < 4.78 is -0.0784. The van der Waals surface area contributed by atoms with Crippen molar-refractivity contribution in [1.82, 2.24) is 0 Å². The van der Waals surface area contributed by atoms with E-state index in [9.17, 15) is 0 Å². The van der Waals surface area contributed by atoms with Gasteiger partial charge in [0.05, 0.1) is 24.2 Å². The molecule has 6 heteroatoms. The second-order valence-corrected chi connectivity index (χ2v) is 39.7. The van der Waals surface area contributed by atoms with E-state index < -0.39 is 24.2 Å². The van der Waals surface area contributed by atoms with E-state index in [4.69, 9.17) is 0 Å². The molecular formula is C61H64N2SSi3. The summed E-state index contributed by atoms with van der Waals surface area (Å²) in [5.74, 6) is 0. The molecule has 9 aromatic rings. The second-order valence-electron chi connectivity index (χ2n) is 22.0. The lowest BCUT2D eigenvalue weighted by Gasteiger charge is -2.51. The van der Waals surface area contributed by atoms with Crippen LogP contribution in [0.3, 0.4) is 0 Å². The van der Waals surface area contributed by atoms with Crippen LogP contribution in [0.5, 0.6) is 0 Å². The largest absolute Gasteiger partial charge is 0.310 e. The van der Waals surface area contributed by atoms with Gasteiger partial charge < -0.3 is 9.80 Å². The molecule has 0 radical (unpaired) electrons. The van der Waals surface area contributed by atoms with Crippen molar-refractivity contribution < 1.29 is 0 Å². The molecule has 10 rings (SSSR count). The van der Waals surface area contributed by atoms with Crippen LogP contribution < -0.4 is 15.0 Å². The number of anilines is 6. The van der Waals surface area contributed by atoms with Gasteiger partial charge in [-0.25, -0.2) is 0 Å². The summed E-state index contributed by atoms with van der Waals surface area (Å²) in [6, 6.07) is 69.4. The molecule has 0 saturated carbocycles. The van der Waals surface area contributed by atoms with Gasteiger partial charge >= 0.3 is 0 Å². The molecule has 1 aliphatic rings. The molecule has 0 atom stereocenters. The predicted octanol–water partition coefficient (Wildman–Crippen LogP) is 18.2. The predicted molar refractivity (Wildman–Crippen MR) is 305 cm³/mol. The zero-order chi connectivity index (χ0) is 47.0. The Morgan fingerprint density at radius 3 is 1.57 bits per heavy atom. The van der Waals surface area contributed by atoms with Gasteiger partial charge in [-0.1, -0.05) is 175 Å². The Balaban J connectivity index is 1.23. The first-order chi connectivity index (χ1) is 32.0. The van der Waals surface area contributed by atoms with E-state index in [0.29, 0.717) is 5.25 Å². The molecular weight excluding hydrogens is 877 g/mol. The van der Waals surface area contributed by atoms with E-state index in [0.717, 1.165) is 5.69 Å². The molecule has 0 spiro atoms. The average molecular weight is 942 g/mol. The van der Waals surface area contributed by atoms with Crippen molar-refractivity contribution in [3.8, 4) is 11.1 Å². The second kappa shape index (κ2) is 16.8. The van der Waals surface area contributed by atoms with E-state index in [-0.39, 0.29) is 4.66 Å². The Morgan fingerprint density at radius 1 is 0.418 bits per heavy atom. The number of rotatable bonds is 11. The molecule has 0 unspecified atom stereocenters. The SMILES string of the molecule is CC(C)Sc1cccc(N(c2ccccc2)c2ccc3cc4c(cc3c2)C([Si](C)(C)C)([Si](C)(C)C)c2c-4c3ccccc3c3cc(N(c4ccccc4)c4cccc([Si](C)(C)C)c4)ccc23)c1. The minimum absolute atomic E-state index is 0.0784. The maximum absolute atomic E-state index is 2.65. The zero-order valence-corrected chi connectivity index (χ0v) is 45.0. The Morgan fingerprint density at radius 2 is 0.955 bits per heavy atom. The molecule has 0 fully saturated rings. The fourth-order valence-corrected chi connectivity index (χ4v) is 27.0. The van der Waals surface area contributed by atoms with Crippen LogP contribution in [0.25, 0.3) is 43.4 Å². The molecule has 0 aromatic heterocycles. The molecule has 0 N–H and O–H groups in total. The maximum atomic E-state index is 2.65. The van der Waals surface area contributed by atoms with E-state index in [2.05, 4.69) is 265 Å². The van der Waals surface area contributed by atoms with Gasteiger partial charge in [0, 0.05) is 48.9 Å². The standard InChI is InChI=1S/C61H64N2SSi3/c1-42(2)64-51-28-20-26-47(39-51)62(45-22-14-12-15-23-45)49-33-32-43-37-57-58(38-44(43)36-49)61(66(6,7)8,67(9,10)11)60-55-35-34-50(41-56(55)53-30-18-19-31-54(53)59(57)60)63(46-24-16-13-17-25-46)48-27-21-29-52(40-48)65(3,4)5/h12-42H,1-11H3. The fourth-order valence-electron chi connectivity index (χ4n) is 11.9. The van der Waals surface area contributed by atoms with Crippen molar-refractivity contribution in [2.75, 3.05) is 9.80 Å². The fraction of sp³-hybridized carbons (Fsp3) is 0.213. The van der Waals surface area contributed by atoms with Crippen LogP contribution in [0.2, 0.25) is 58.9 Å². The molecule has 67 heavy (non-hydrogen) atoms. The van der Waals surface area contributed by atoms with Crippen LogP contribution in [-0.4, -0.2) is 29.5 Å². The third-order valence-corrected chi connectivity index (χ3v) is 27.3. The highest BCUT2D eigenvalue weighted by Gasteiger charge is 2.60. The summed E-state index contributed by atoms with van der Waals surface area (Å²) >= 11 is 1.92. The summed E-state index contributed by atoms with van der Waals surface area (Å²) in [4.78, 5) is 6.21. The van der Waals surface area contributed by atoms with Crippen LogP contribution in [0.4, 0.5) is 34.1 Å². The first-order valence-electron chi connectivity index (χ1n) is 24.1. The number of fused-ring (bicyclic) bond motifs is 9. The van der Waals surface area contributed by atoms with Crippen LogP contribution in [0.15, 0.2) is 187 Å². The highest BCUT2D eigenvalue weighted by Crippen LogP contribution is 2.62. The van der Waals surface area contributed by atoms with Crippen LogP contribution in [-0.2, 0) is 4.66 Å². The Hall–Kier alpha value is -5.64. The third-order valence-electron chi connectivity index (χ3n) is 14.2. The smallest absolute Gasteiger partial charge is 0.0776 e. The Kier molecular flexibility index (Phi) is 11.4. The van der Waals surface area contributed by atoms with Gasteiger partial charge in [0.15, 0.2) is 0 Å². The van der Waals surface area contributed by atoms with E-state index in [1.807, 2.05) is 11.8 Å². The number of hydrogen-bond acceptors (Lipinski definition) is 3. The van der Waals surface area contributed by atoms with Gasteiger partial charge in [0.1, 0.15) is 0 Å². The van der Waals surface area contributed by atoms with Gasteiger partial charge in [-0.15, -0.1) is 11.8 Å². The third kappa shape index (κ3) is 7.70. The van der Waals surface area contributed by atoms with Crippen molar-refractivity contribution in [2.45, 2.75) is 87.6 Å². The lowest BCUT2D eigenvalue weighted by atomic mass is 9.90. The first-order valence-corrected chi connectivity index (χ1v) is 35.5. The number of para-hydroxylation sites is 2.